The molecule has 6 nitrogen and oxygen atoms in total. The van der Waals surface area contributed by atoms with E-state index < -0.39 is 0 Å². The number of benzene rings is 1. The molecule has 0 bridgehead atoms. The van der Waals surface area contributed by atoms with E-state index in [1.54, 1.807) is 0 Å². The normalized spacial score (nSPS) is 12.3. The van der Waals surface area contributed by atoms with Gasteiger partial charge in [0.25, 0.3) is 0 Å². The number of aromatic nitrogens is 5. The number of hydrogen-bond donors (Lipinski definition) is 1. The fraction of sp³-hybridized carbons (Fsp3) is 0.333. The Hall–Kier alpha value is -2.28. The van der Waals surface area contributed by atoms with Crippen molar-refractivity contribution < 1.29 is 0 Å². The van der Waals surface area contributed by atoms with Gasteiger partial charge in [-0.15, -0.1) is 10.2 Å². The molecule has 7 heteroatoms. The van der Waals surface area contributed by atoms with Gasteiger partial charge < -0.3 is 9.88 Å². The Kier molecular flexibility index (Phi) is 4.15. The van der Waals surface area contributed by atoms with Crippen LogP contribution in [0.15, 0.2) is 30.3 Å². The van der Waals surface area contributed by atoms with Crippen LogP contribution in [0.4, 0.5) is 5.13 Å². The maximum absolute atomic E-state index is 4.49. The van der Waals surface area contributed by atoms with Gasteiger partial charge in [0.2, 0.25) is 5.13 Å². The van der Waals surface area contributed by atoms with E-state index in [0.29, 0.717) is 0 Å². The molecule has 1 aromatic carbocycles. The third-order valence-electron chi connectivity index (χ3n) is 3.57. The van der Waals surface area contributed by atoms with Crippen LogP contribution in [0.3, 0.4) is 0 Å². The lowest BCUT2D eigenvalue weighted by molar-refractivity contribution is 0.733. The van der Waals surface area contributed by atoms with Crippen LogP contribution in [0, 0.1) is 6.92 Å². The van der Waals surface area contributed by atoms with Crippen LogP contribution in [0.1, 0.15) is 36.0 Å². The molecular weight excluding hydrogens is 296 g/mol. The van der Waals surface area contributed by atoms with Crippen molar-refractivity contribution in [1.82, 2.24) is 24.1 Å². The van der Waals surface area contributed by atoms with Gasteiger partial charge in [0.1, 0.15) is 17.7 Å². The highest BCUT2D eigenvalue weighted by Gasteiger charge is 2.21. The zero-order valence-electron chi connectivity index (χ0n) is 12.8. The van der Waals surface area contributed by atoms with Gasteiger partial charge in [-0.3, -0.25) is 0 Å². The molecule has 0 aliphatic carbocycles. The first-order chi connectivity index (χ1) is 10.7. The monoisotopic (exact) mass is 314 g/mol. The number of aryl methyl sites for hydroxylation is 2. The summed E-state index contributed by atoms with van der Waals surface area (Å²) in [6.07, 6.45) is 0.831. The van der Waals surface area contributed by atoms with Crippen LogP contribution in [0.5, 0.6) is 0 Å². The van der Waals surface area contributed by atoms with Crippen molar-refractivity contribution in [2.24, 2.45) is 7.05 Å². The maximum atomic E-state index is 4.49. The topological polar surface area (TPSA) is 68.5 Å². The quantitative estimate of drug-likeness (QED) is 0.784. The molecule has 3 aromatic rings. The maximum Gasteiger partial charge on any atom is 0.203 e. The molecule has 0 amide bonds. The third kappa shape index (κ3) is 2.85. The second kappa shape index (κ2) is 6.23. The van der Waals surface area contributed by atoms with Crippen molar-refractivity contribution in [2.75, 3.05) is 5.32 Å². The molecule has 3 rings (SSSR count). The minimum absolute atomic E-state index is 0.106. The summed E-state index contributed by atoms with van der Waals surface area (Å²) < 4.78 is 6.32. The minimum atomic E-state index is -0.106. The van der Waals surface area contributed by atoms with E-state index in [-0.39, 0.29) is 6.04 Å². The molecule has 0 saturated carbocycles. The van der Waals surface area contributed by atoms with E-state index in [4.69, 9.17) is 0 Å². The van der Waals surface area contributed by atoms with E-state index in [1.165, 1.54) is 11.5 Å². The van der Waals surface area contributed by atoms with Gasteiger partial charge in [-0.2, -0.15) is 4.37 Å². The van der Waals surface area contributed by atoms with Gasteiger partial charge in [0, 0.05) is 25.0 Å². The summed E-state index contributed by atoms with van der Waals surface area (Å²) in [4.78, 5) is 4.49. The number of rotatable bonds is 5. The van der Waals surface area contributed by atoms with Crippen molar-refractivity contribution in [1.29, 1.82) is 0 Å². The average molecular weight is 314 g/mol. The lowest BCUT2D eigenvalue weighted by Gasteiger charge is -2.17. The number of nitrogens with zero attached hydrogens (tertiary/aromatic N) is 5. The van der Waals surface area contributed by atoms with Gasteiger partial charge in [-0.1, -0.05) is 37.3 Å². The third-order valence-corrected chi connectivity index (χ3v) is 4.25. The van der Waals surface area contributed by atoms with Crippen LogP contribution >= 0.6 is 11.5 Å². The highest BCUT2D eigenvalue weighted by molar-refractivity contribution is 7.09. The molecule has 22 heavy (non-hydrogen) atoms. The summed E-state index contributed by atoms with van der Waals surface area (Å²) >= 11 is 1.37. The Labute approximate surface area is 133 Å². The fourth-order valence-electron chi connectivity index (χ4n) is 2.20. The number of nitrogens with one attached hydrogen (secondary N) is 1. The first kappa shape index (κ1) is 14.6. The second-order valence-electron chi connectivity index (χ2n) is 5.02. The van der Waals surface area contributed by atoms with Gasteiger partial charge in [0.15, 0.2) is 5.82 Å². The van der Waals surface area contributed by atoms with Crippen LogP contribution in [-0.2, 0) is 13.5 Å². The van der Waals surface area contributed by atoms with Crippen LogP contribution in [0.2, 0.25) is 0 Å². The largest absolute Gasteiger partial charge is 0.346 e. The number of hydrogen-bond acceptors (Lipinski definition) is 6. The molecule has 114 valence electrons. The molecule has 0 aliphatic heterocycles. The molecule has 1 N–H and O–H groups in total. The van der Waals surface area contributed by atoms with Crippen LogP contribution in [0.25, 0.3) is 0 Å². The van der Waals surface area contributed by atoms with Crippen molar-refractivity contribution in [2.45, 2.75) is 26.3 Å². The standard InChI is InChI=1S/C15H18N6S/c1-4-12-16-15(22-20-12)17-13(11-8-6-5-7-9-11)14-19-18-10(2)21(14)3/h5-9,13H,4H2,1-3H3,(H,16,17,20)/t13-/m1/s1. The minimum Gasteiger partial charge on any atom is -0.346 e. The van der Waals surface area contributed by atoms with E-state index in [9.17, 15) is 0 Å². The molecule has 0 saturated heterocycles. The number of anilines is 1. The van der Waals surface area contributed by atoms with Gasteiger partial charge in [-0.25, -0.2) is 4.98 Å². The van der Waals surface area contributed by atoms with Crippen molar-refractivity contribution in [3.05, 3.63) is 53.4 Å². The van der Waals surface area contributed by atoms with E-state index >= 15 is 0 Å². The Morgan fingerprint density at radius 3 is 2.59 bits per heavy atom. The zero-order valence-corrected chi connectivity index (χ0v) is 13.6. The zero-order chi connectivity index (χ0) is 15.5. The fourth-order valence-corrected chi connectivity index (χ4v) is 2.88. The molecular formula is C15H18N6S. The van der Waals surface area contributed by atoms with Crippen molar-refractivity contribution in [3.8, 4) is 0 Å². The first-order valence-corrected chi connectivity index (χ1v) is 7.96. The lowest BCUT2D eigenvalue weighted by atomic mass is 10.1. The Morgan fingerprint density at radius 2 is 2.00 bits per heavy atom. The summed E-state index contributed by atoms with van der Waals surface area (Å²) in [5.41, 5.74) is 1.12. The molecule has 2 heterocycles. The second-order valence-corrected chi connectivity index (χ2v) is 5.77. The molecule has 2 aromatic heterocycles. The van der Waals surface area contributed by atoms with Crippen LogP contribution in [-0.4, -0.2) is 24.1 Å². The molecule has 0 radical (unpaired) electrons. The van der Waals surface area contributed by atoms with Crippen LogP contribution < -0.4 is 5.32 Å². The predicted molar refractivity (Wildman–Crippen MR) is 86.9 cm³/mol. The Bertz CT molecular complexity index is 748. The summed E-state index contributed by atoms with van der Waals surface area (Å²) in [5.74, 6) is 2.59. The predicted octanol–water partition coefficient (Wildman–Crippen LogP) is 2.74. The SMILES string of the molecule is CCc1nsc(N[C@H](c2ccccc2)c2nnc(C)n2C)n1. The van der Waals surface area contributed by atoms with E-state index in [0.717, 1.165) is 34.6 Å². The average Bonchev–Trinajstić information content (AvgIpc) is 3.14. The Morgan fingerprint density at radius 1 is 1.23 bits per heavy atom. The summed E-state index contributed by atoms with van der Waals surface area (Å²) in [6.45, 7) is 3.99. The molecule has 0 spiro atoms. The van der Waals surface area contributed by atoms with Gasteiger partial charge in [-0.05, 0) is 12.5 Å². The molecule has 1 atom stereocenters. The summed E-state index contributed by atoms with van der Waals surface area (Å²) in [6, 6.07) is 10.1. The highest BCUT2D eigenvalue weighted by Crippen LogP contribution is 2.26. The Balaban J connectivity index is 1.98. The highest BCUT2D eigenvalue weighted by atomic mass is 32.1. The summed E-state index contributed by atoms with van der Waals surface area (Å²) in [7, 11) is 1.97. The van der Waals surface area contributed by atoms with Gasteiger partial charge >= 0.3 is 0 Å². The molecule has 0 unspecified atom stereocenters. The first-order valence-electron chi connectivity index (χ1n) is 7.19. The lowest BCUT2D eigenvalue weighted by Crippen LogP contribution is -2.17. The van der Waals surface area contributed by atoms with Gasteiger partial charge in [0.05, 0.1) is 0 Å². The van der Waals surface area contributed by atoms with E-state index in [2.05, 4.69) is 37.0 Å². The summed E-state index contributed by atoms with van der Waals surface area (Å²) in [5, 5.41) is 12.7. The van der Waals surface area contributed by atoms with Crippen molar-refractivity contribution >= 4 is 16.7 Å². The molecule has 0 aliphatic rings. The molecule has 0 fully saturated rings. The van der Waals surface area contributed by atoms with Crippen molar-refractivity contribution in [3.63, 3.8) is 0 Å². The smallest absolute Gasteiger partial charge is 0.203 e. The van der Waals surface area contributed by atoms with E-state index in [1.807, 2.05) is 43.7 Å².